The molecule has 3 aromatic heterocycles. The van der Waals surface area contributed by atoms with Crippen molar-refractivity contribution in [1.82, 2.24) is 19.9 Å². The summed E-state index contributed by atoms with van der Waals surface area (Å²) >= 11 is 0. The van der Waals surface area contributed by atoms with Crippen LogP contribution in [-0.2, 0) is 16.6 Å². The predicted molar refractivity (Wildman–Crippen MR) is 113 cm³/mol. The number of carbonyl (C=O) groups is 1. The molecule has 0 aromatic carbocycles. The van der Waals surface area contributed by atoms with E-state index in [1.165, 1.54) is 0 Å². The number of anilines is 1. The van der Waals surface area contributed by atoms with Gasteiger partial charge in [-0.2, -0.15) is 5.26 Å². The number of H-pyrrole nitrogens is 1. The Morgan fingerprint density at radius 2 is 2.13 bits per heavy atom. The molecule has 4 heterocycles. The van der Waals surface area contributed by atoms with E-state index >= 15 is 0 Å². The number of hydrogen-bond donors (Lipinski definition) is 1. The van der Waals surface area contributed by atoms with Crippen molar-refractivity contribution in [3.05, 3.63) is 47.2 Å². The fourth-order valence-electron chi connectivity index (χ4n) is 4.63. The number of nitrogens with one attached hydrogen (secondary N) is 1. The molecule has 1 amide bonds. The number of nitrogens with zero attached hydrogens (tertiary/aromatic N) is 5. The standard InChI is InChI=1S/C23H22N6O2/c24-12-14-11-17-20(25-13-14)28-21(27-17)23(8-2-9-23)19-7-6-18-16(26-19)3-1-10-29(18)22(30)31-15-4-5-15/h6-7,11,13,15H,1-5,8-10H2,(H,25,27,28). The first-order valence-electron chi connectivity index (χ1n) is 10.9. The van der Waals surface area contributed by atoms with E-state index in [0.717, 1.165) is 73.4 Å². The molecule has 8 nitrogen and oxygen atoms in total. The average Bonchev–Trinajstić information content (AvgIpc) is 3.47. The predicted octanol–water partition coefficient (Wildman–Crippen LogP) is 3.75. The smallest absolute Gasteiger partial charge is 0.414 e. The van der Waals surface area contributed by atoms with Gasteiger partial charge in [0.05, 0.1) is 33.6 Å². The first-order chi connectivity index (χ1) is 15.2. The van der Waals surface area contributed by atoms with Gasteiger partial charge in [0.2, 0.25) is 0 Å². The van der Waals surface area contributed by atoms with Gasteiger partial charge < -0.3 is 9.72 Å². The monoisotopic (exact) mass is 414 g/mol. The largest absolute Gasteiger partial charge is 0.446 e. The number of aryl methyl sites for hydroxylation is 1. The third-order valence-electron chi connectivity index (χ3n) is 6.67. The Morgan fingerprint density at radius 1 is 1.26 bits per heavy atom. The van der Waals surface area contributed by atoms with Gasteiger partial charge in [-0.05, 0) is 56.7 Å². The number of rotatable bonds is 3. The average molecular weight is 414 g/mol. The zero-order valence-corrected chi connectivity index (χ0v) is 17.1. The summed E-state index contributed by atoms with van der Waals surface area (Å²) in [6.07, 6.45) is 8.05. The van der Waals surface area contributed by atoms with Crippen LogP contribution in [0.1, 0.15) is 61.3 Å². The van der Waals surface area contributed by atoms with Gasteiger partial charge in [0, 0.05) is 12.7 Å². The third kappa shape index (κ3) is 2.95. The molecule has 2 saturated carbocycles. The quantitative estimate of drug-likeness (QED) is 0.699. The van der Waals surface area contributed by atoms with Crippen molar-refractivity contribution in [2.75, 3.05) is 11.4 Å². The van der Waals surface area contributed by atoms with Crippen molar-refractivity contribution in [3.63, 3.8) is 0 Å². The highest BCUT2D eigenvalue weighted by molar-refractivity contribution is 5.89. The molecule has 0 radical (unpaired) electrons. The fraction of sp³-hybridized carbons (Fsp3) is 0.435. The summed E-state index contributed by atoms with van der Waals surface area (Å²) in [6, 6.07) is 7.95. The minimum Gasteiger partial charge on any atom is -0.446 e. The van der Waals surface area contributed by atoms with Gasteiger partial charge >= 0.3 is 6.09 Å². The van der Waals surface area contributed by atoms with Gasteiger partial charge in [-0.25, -0.2) is 14.8 Å². The SMILES string of the molecule is N#Cc1cnc2nc(C3(c4ccc5c(n4)CCCN5C(=O)OC4CC4)CCC3)[nH]c2c1. The number of pyridine rings is 2. The van der Waals surface area contributed by atoms with Crippen molar-refractivity contribution in [3.8, 4) is 6.07 Å². The Hall–Kier alpha value is -3.47. The molecular weight excluding hydrogens is 392 g/mol. The molecule has 0 atom stereocenters. The highest BCUT2D eigenvalue weighted by atomic mass is 16.6. The summed E-state index contributed by atoms with van der Waals surface area (Å²) in [4.78, 5) is 31.8. The minimum absolute atomic E-state index is 0.0894. The number of fused-ring (bicyclic) bond motifs is 2. The van der Waals surface area contributed by atoms with Crippen LogP contribution in [0.2, 0.25) is 0 Å². The van der Waals surface area contributed by atoms with Crippen molar-refractivity contribution >= 4 is 22.9 Å². The lowest BCUT2D eigenvalue weighted by atomic mass is 9.65. The van der Waals surface area contributed by atoms with Crippen LogP contribution < -0.4 is 4.90 Å². The first-order valence-corrected chi connectivity index (χ1v) is 10.9. The highest BCUT2D eigenvalue weighted by Gasteiger charge is 2.45. The molecular formula is C23H22N6O2. The van der Waals surface area contributed by atoms with Crippen LogP contribution in [-0.4, -0.2) is 38.7 Å². The molecule has 8 heteroatoms. The van der Waals surface area contributed by atoms with Crippen molar-refractivity contribution < 1.29 is 9.53 Å². The number of nitriles is 1. The number of amides is 1. The molecule has 3 aliphatic rings. The lowest BCUT2D eigenvalue weighted by Crippen LogP contribution is -2.40. The third-order valence-corrected chi connectivity index (χ3v) is 6.67. The Kier molecular flexibility index (Phi) is 4.00. The van der Waals surface area contributed by atoms with Crippen molar-refractivity contribution in [2.45, 2.75) is 56.5 Å². The van der Waals surface area contributed by atoms with E-state index in [1.807, 2.05) is 12.1 Å². The number of carbonyl (C=O) groups excluding carboxylic acids is 1. The zero-order valence-electron chi connectivity index (χ0n) is 17.1. The molecule has 0 saturated heterocycles. The number of aromatic amines is 1. The second-order valence-electron chi connectivity index (χ2n) is 8.73. The Labute approximate surface area is 179 Å². The van der Waals surface area contributed by atoms with Gasteiger partial charge in [-0.15, -0.1) is 0 Å². The summed E-state index contributed by atoms with van der Waals surface area (Å²) in [5, 5.41) is 9.15. The molecule has 1 aliphatic heterocycles. The maximum Gasteiger partial charge on any atom is 0.414 e. The van der Waals surface area contributed by atoms with Crippen LogP contribution in [0, 0.1) is 11.3 Å². The summed E-state index contributed by atoms with van der Waals surface area (Å²) in [5.74, 6) is 0.851. The van der Waals surface area contributed by atoms with Gasteiger partial charge in [0.15, 0.2) is 5.65 Å². The van der Waals surface area contributed by atoms with Gasteiger partial charge in [0.1, 0.15) is 18.0 Å². The summed E-state index contributed by atoms with van der Waals surface area (Å²) in [5.41, 5.74) is 4.41. The van der Waals surface area contributed by atoms with Crippen molar-refractivity contribution in [2.24, 2.45) is 0 Å². The van der Waals surface area contributed by atoms with Gasteiger partial charge in [-0.3, -0.25) is 9.88 Å². The van der Waals surface area contributed by atoms with E-state index in [9.17, 15) is 4.79 Å². The Balaban J connectivity index is 1.36. The van der Waals surface area contributed by atoms with E-state index < -0.39 is 0 Å². The van der Waals surface area contributed by atoms with E-state index in [0.29, 0.717) is 17.8 Å². The number of imidazole rings is 1. The zero-order chi connectivity index (χ0) is 21.0. The summed E-state index contributed by atoms with van der Waals surface area (Å²) < 4.78 is 5.52. The number of ether oxygens (including phenoxy) is 1. The second-order valence-corrected chi connectivity index (χ2v) is 8.73. The van der Waals surface area contributed by atoms with E-state index in [1.54, 1.807) is 17.2 Å². The maximum atomic E-state index is 12.6. The number of hydrogen-bond acceptors (Lipinski definition) is 6. The Bertz CT molecular complexity index is 1230. The molecule has 0 unspecified atom stereocenters. The molecule has 2 fully saturated rings. The van der Waals surface area contributed by atoms with Crippen LogP contribution in [0.3, 0.4) is 0 Å². The van der Waals surface area contributed by atoms with E-state index in [2.05, 4.69) is 16.0 Å². The Morgan fingerprint density at radius 3 is 2.87 bits per heavy atom. The van der Waals surface area contributed by atoms with E-state index in [4.69, 9.17) is 20.0 Å². The molecule has 156 valence electrons. The molecule has 1 N–H and O–H groups in total. The highest BCUT2D eigenvalue weighted by Crippen LogP contribution is 2.48. The van der Waals surface area contributed by atoms with Crippen LogP contribution >= 0.6 is 0 Å². The van der Waals surface area contributed by atoms with Gasteiger partial charge in [-0.1, -0.05) is 6.42 Å². The summed E-state index contributed by atoms with van der Waals surface area (Å²) in [6.45, 7) is 0.668. The molecule has 6 rings (SSSR count). The molecule has 31 heavy (non-hydrogen) atoms. The van der Waals surface area contributed by atoms with Crippen LogP contribution in [0.15, 0.2) is 24.4 Å². The first kappa shape index (κ1) is 18.3. The van der Waals surface area contributed by atoms with Crippen LogP contribution in [0.5, 0.6) is 0 Å². The fourth-order valence-corrected chi connectivity index (χ4v) is 4.63. The maximum absolute atomic E-state index is 12.6. The lowest BCUT2D eigenvalue weighted by Gasteiger charge is -2.40. The molecule has 2 aliphatic carbocycles. The lowest BCUT2D eigenvalue weighted by molar-refractivity contribution is 0.146. The minimum atomic E-state index is -0.278. The molecule has 3 aromatic rings. The van der Waals surface area contributed by atoms with E-state index in [-0.39, 0.29) is 17.6 Å². The number of aromatic nitrogens is 4. The van der Waals surface area contributed by atoms with Crippen LogP contribution in [0.25, 0.3) is 11.2 Å². The van der Waals surface area contributed by atoms with Crippen LogP contribution in [0.4, 0.5) is 10.5 Å². The van der Waals surface area contributed by atoms with Crippen molar-refractivity contribution in [1.29, 1.82) is 5.26 Å². The molecule has 0 spiro atoms. The van der Waals surface area contributed by atoms with Gasteiger partial charge in [0.25, 0.3) is 0 Å². The topological polar surface area (TPSA) is 108 Å². The molecule has 0 bridgehead atoms. The summed E-state index contributed by atoms with van der Waals surface area (Å²) in [7, 11) is 0. The normalized spacial score (nSPS) is 19.4. The second kappa shape index (κ2) is 6.77.